The molecule has 0 amide bonds. The maximum absolute atomic E-state index is 10.9. The minimum atomic E-state index is -4.87. The number of nitrogens with zero attached hydrogens (tertiary/aromatic N) is 3. The molecule has 0 atom stereocenters. The monoisotopic (exact) mass is 563 g/mol. The average molecular weight is 562 g/mol. The summed E-state index contributed by atoms with van der Waals surface area (Å²) in [4.78, 5) is 69.2. The Bertz CT molecular complexity index is 462. The first-order chi connectivity index (χ1) is 10.7. The van der Waals surface area contributed by atoms with Crippen LogP contribution in [-0.4, -0.2) is 72.8 Å². The van der Waals surface area contributed by atoms with Crippen LogP contribution in [0.15, 0.2) is 0 Å². The Hall–Kier alpha value is 1.65. The first-order valence-electron chi connectivity index (χ1n) is 6.94. The van der Waals surface area contributed by atoms with Crippen LogP contribution in [0, 0.1) is 39.9 Å². The molecule has 16 heteroatoms. The van der Waals surface area contributed by atoms with Gasteiger partial charge in [0.25, 0.3) is 0 Å². The predicted molar refractivity (Wildman–Crippen MR) is 72.1 cm³/mol. The van der Waals surface area contributed by atoms with Gasteiger partial charge in [-0.2, -0.15) is 0 Å². The van der Waals surface area contributed by atoms with Crippen LogP contribution in [0.4, 0.5) is 0 Å². The van der Waals surface area contributed by atoms with Gasteiger partial charge >= 0.3 is 39.9 Å². The van der Waals surface area contributed by atoms with Crippen LogP contribution in [0.2, 0.25) is 0 Å². The third-order valence-corrected chi connectivity index (χ3v) is 5.56. The molecule has 0 unspecified atom stereocenters. The van der Waals surface area contributed by atoms with Crippen LogP contribution >= 0.6 is 22.8 Å². The van der Waals surface area contributed by atoms with E-state index < -0.39 is 41.6 Å². The molecule has 149 valence electrons. The molecule has 1 saturated heterocycles. The van der Waals surface area contributed by atoms with Gasteiger partial charge < -0.3 is 43.1 Å². The zero-order valence-corrected chi connectivity index (χ0v) is 18.0. The Balaban J connectivity index is 0.00000576. The SMILES string of the molecule is O=P([O-])([O-])CN1CCN(CP(=O)([O-])[O-])CCN(CP(=O)([O-])[O-])CC1.[Gd+3]. The van der Waals surface area contributed by atoms with E-state index >= 15 is 0 Å². The van der Waals surface area contributed by atoms with Gasteiger partial charge in [-0.3, -0.25) is 14.7 Å². The van der Waals surface area contributed by atoms with Crippen molar-refractivity contribution in [1.29, 1.82) is 0 Å². The van der Waals surface area contributed by atoms with Crippen LogP contribution in [0.3, 0.4) is 0 Å². The molecule has 0 aromatic heterocycles. The Kier molecular flexibility index (Phi) is 11.7. The van der Waals surface area contributed by atoms with E-state index in [0.717, 1.165) is 0 Å². The van der Waals surface area contributed by atoms with E-state index in [2.05, 4.69) is 0 Å². The van der Waals surface area contributed by atoms with E-state index in [1.165, 1.54) is 14.7 Å². The molecule has 1 fully saturated rings. The zero-order valence-electron chi connectivity index (χ0n) is 13.1. The molecule has 1 aliphatic heterocycles. The second-order valence-corrected chi connectivity index (χ2v) is 10.1. The minimum Gasteiger partial charge on any atom is -0.810 e. The van der Waals surface area contributed by atoms with E-state index in [4.69, 9.17) is 0 Å². The van der Waals surface area contributed by atoms with Gasteiger partial charge in [0.1, 0.15) is 0 Å². The Morgan fingerprint density at radius 3 is 0.800 bits per heavy atom. The number of hydrogen-bond donors (Lipinski definition) is 0. The van der Waals surface area contributed by atoms with Crippen LogP contribution in [-0.2, 0) is 13.7 Å². The van der Waals surface area contributed by atoms with Gasteiger partial charge in [0.2, 0.25) is 0 Å². The van der Waals surface area contributed by atoms with Crippen LogP contribution in [0.1, 0.15) is 0 Å². The maximum atomic E-state index is 10.9. The van der Waals surface area contributed by atoms with Crippen molar-refractivity contribution >= 4 is 22.8 Å². The molecule has 0 aromatic carbocycles. The second kappa shape index (κ2) is 11.0. The predicted octanol–water partition coefficient (Wildman–Crippen LogP) is -5.48. The van der Waals surface area contributed by atoms with Crippen LogP contribution < -0.4 is 29.4 Å². The first-order valence-corrected chi connectivity index (χ1v) is 12.1. The largest absolute Gasteiger partial charge is 3.00 e. The van der Waals surface area contributed by atoms with E-state index in [9.17, 15) is 43.1 Å². The summed E-state index contributed by atoms with van der Waals surface area (Å²) in [5, 5.41) is 0. The van der Waals surface area contributed by atoms with Crippen molar-refractivity contribution < 1.29 is 83.0 Å². The fourth-order valence-electron chi connectivity index (χ4n) is 2.34. The molecule has 1 rings (SSSR count). The summed E-state index contributed by atoms with van der Waals surface area (Å²) in [5.41, 5.74) is 0. The minimum absolute atomic E-state index is 0. The fraction of sp³-hybridized carbons (Fsp3) is 1.00. The molecule has 1 radical (unpaired) electrons. The van der Waals surface area contributed by atoms with Crippen LogP contribution in [0.5, 0.6) is 0 Å². The second-order valence-electron chi connectivity index (χ2n) is 5.61. The molecule has 0 N–H and O–H groups in total. The summed E-state index contributed by atoms with van der Waals surface area (Å²) < 4.78 is 32.8. The first kappa shape index (κ1) is 26.7. The van der Waals surface area contributed by atoms with Crippen molar-refractivity contribution in [2.75, 3.05) is 58.1 Å². The molecule has 0 aromatic rings. The molecule has 0 spiro atoms. The molecule has 0 saturated carbocycles. The summed E-state index contributed by atoms with van der Waals surface area (Å²) in [6.07, 6.45) is -2.44. The number of rotatable bonds is 6. The molecular formula is C9H18GdN3O9P3-3. The third-order valence-electron chi connectivity index (χ3n) is 3.32. The molecule has 12 nitrogen and oxygen atoms in total. The van der Waals surface area contributed by atoms with Gasteiger partial charge in [-0.25, -0.2) is 0 Å². The zero-order chi connectivity index (χ0) is 18.6. The van der Waals surface area contributed by atoms with E-state index in [0.29, 0.717) is 0 Å². The van der Waals surface area contributed by atoms with E-state index in [1.807, 2.05) is 0 Å². The van der Waals surface area contributed by atoms with Crippen molar-refractivity contribution in [3.8, 4) is 0 Å². The van der Waals surface area contributed by atoms with Crippen molar-refractivity contribution in [2.45, 2.75) is 0 Å². The normalized spacial score (nSPS) is 20.4. The smallest absolute Gasteiger partial charge is 0.810 e. The summed E-state index contributed by atoms with van der Waals surface area (Å²) in [7, 11) is -14.6. The third kappa shape index (κ3) is 14.3. The Morgan fingerprint density at radius 1 is 0.520 bits per heavy atom. The van der Waals surface area contributed by atoms with Gasteiger partial charge in [0, 0.05) is 58.1 Å². The van der Waals surface area contributed by atoms with Gasteiger partial charge in [0.05, 0.1) is 0 Å². The summed E-state index contributed by atoms with van der Waals surface area (Å²) >= 11 is 0. The van der Waals surface area contributed by atoms with E-state index in [1.54, 1.807) is 0 Å². The van der Waals surface area contributed by atoms with Crippen molar-refractivity contribution in [1.82, 2.24) is 14.7 Å². The van der Waals surface area contributed by atoms with Crippen molar-refractivity contribution in [3.05, 3.63) is 0 Å². The molecule has 1 heterocycles. The van der Waals surface area contributed by atoms with Crippen molar-refractivity contribution in [3.63, 3.8) is 0 Å². The van der Waals surface area contributed by atoms with E-state index in [-0.39, 0.29) is 79.2 Å². The summed E-state index contributed by atoms with van der Waals surface area (Å²) in [5.74, 6) is 0. The molecule has 1 aliphatic rings. The quantitative estimate of drug-likeness (QED) is 0.279. The molecule has 0 bridgehead atoms. The molecular weight excluding hydrogens is 544 g/mol. The van der Waals surface area contributed by atoms with Gasteiger partial charge in [-0.1, -0.05) is 22.8 Å². The van der Waals surface area contributed by atoms with Crippen molar-refractivity contribution in [2.24, 2.45) is 0 Å². The van der Waals surface area contributed by atoms with Gasteiger partial charge in [-0.05, 0) is 0 Å². The Morgan fingerprint density at radius 2 is 0.680 bits per heavy atom. The summed E-state index contributed by atoms with van der Waals surface area (Å²) in [6.45, 7) is 0.0519. The molecule has 25 heavy (non-hydrogen) atoms. The van der Waals surface area contributed by atoms with Gasteiger partial charge in [-0.15, -0.1) is 0 Å². The number of hydrogen-bond acceptors (Lipinski definition) is 12. The van der Waals surface area contributed by atoms with Gasteiger partial charge in [0.15, 0.2) is 0 Å². The average Bonchev–Trinajstić information content (AvgIpc) is 2.39. The standard InChI is InChI=1S/C9H24N3O9P3.Gd/c13-22(14,15)7-10-1-2-11(8-23(16,17)18)5-6-12(4-3-10)9-24(19,20)21;/h1-9H2,(H2,13,14,15)(H2,16,17,18)(H2,19,20,21);/q;+3/p-6. The fourth-order valence-corrected chi connectivity index (χ4v) is 4.66. The summed E-state index contributed by atoms with van der Waals surface area (Å²) in [6, 6.07) is 0. The molecule has 0 aliphatic carbocycles. The maximum Gasteiger partial charge on any atom is 3.00 e. The Labute approximate surface area is 177 Å². The van der Waals surface area contributed by atoms with Crippen LogP contribution in [0.25, 0.3) is 0 Å². The topological polar surface area (TPSA) is 199 Å².